The fourth-order valence-corrected chi connectivity index (χ4v) is 6.19. The molecule has 0 saturated heterocycles. The van der Waals surface area contributed by atoms with Gasteiger partial charge in [-0.15, -0.1) is 0 Å². The molecular weight excluding hydrogens is 378 g/mol. The van der Waals surface area contributed by atoms with Gasteiger partial charge in [-0.2, -0.15) is 0 Å². The first-order chi connectivity index (χ1) is 14.6. The molecule has 0 N–H and O–H groups in total. The van der Waals surface area contributed by atoms with E-state index in [0.717, 1.165) is 24.7 Å². The largest absolute Gasteiger partial charge is 0.497 e. The van der Waals surface area contributed by atoms with Gasteiger partial charge in [0.25, 0.3) is 0 Å². The average molecular weight is 415 g/mol. The Kier molecular flexibility index (Phi) is 6.95. The van der Waals surface area contributed by atoms with Crippen LogP contribution in [0.5, 0.6) is 5.75 Å². The van der Waals surface area contributed by atoms with Crippen molar-refractivity contribution < 1.29 is 13.5 Å². The number of hydrogen-bond acceptors (Lipinski definition) is 1. The Morgan fingerprint density at radius 1 is 0.933 bits per heavy atom. The third-order valence-electron chi connectivity index (χ3n) is 7.87. The molecule has 4 rings (SSSR count). The maximum atomic E-state index is 15.4. The zero-order valence-electron chi connectivity index (χ0n) is 18.6. The molecule has 0 radical (unpaired) electrons. The zero-order chi connectivity index (χ0) is 21.1. The van der Waals surface area contributed by atoms with Gasteiger partial charge in [0, 0.05) is 6.07 Å². The van der Waals surface area contributed by atoms with E-state index in [-0.39, 0.29) is 17.1 Å². The van der Waals surface area contributed by atoms with Crippen molar-refractivity contribution in [3.05, 3.63) is 41.5 Å². The van der Waals surface area contributed by atoms with Crippen LogP contribution in [-0.4, -0.2) is 7.11 Å². The van der Waals surface area contributed by atoms with Crippen LogP contribution in [0.25, 0.3) is 10.8 Å². The van der Waals surface area contributed by atoms with Crippen LogP contribution in [0.15, 0.2) is 24.3 Å². The van der Waals surface area contributed by atoms with Crippen molar-refractivity contribution >= 4 is 10.8 Å². The lowest BCUT2D eigenvalue weighted by Gasteiger charge is -2.42. The van der Waals surface area contributed by atoms with Gasteiger partial charge < -0.3 is 4.74 Å². The first-order valence-electron chi connectivity index (χ1n) is 12.1. The quantitative estimate of drug-likeness (QED) is 0.413. The smallest absolute Gasteiger partial charge is 0.137 e. The number of benzene rings is 2. The Balaban J connectivity index is 1.43. The maximum absolute atomic E-state index is 15.4. The molecule has 0 aromatic heterocycles. The summed E-state index contributed by atoms with van der Waals surface area (Å²) in [5.74, 6) is 2.20. The van der Waals surface area contributed by atoms with Crippen molar-refractivity contribution in [2.24, 2.45) is 17.8 Å². The van der Waals surface area contributed by atoms with Crippen LogP contribution >= 0.6 is 0 Å². The number of rotatable bonds is 7. The summed E-state index contributed by atoms with van der Waals surface area (Å²) in [6.07, 6.45) is 14.1. The van der Waals surface area contributed by atoms with E-state index in [9.17, 15) is 4.39 Å². The highest BCUT2D eigenvalue weighted by molar-refractivity contribution is 5.86. The minimum atomic E-state index is -0.527. The molecule has 4 atom stereocenters. The van der Waals surface area contributed by atoms with E-state index in [4.69, 9.17) is 4.74 Å². The molecule has 0 spiro atoms. The molecule has 0 bridgehead atoms. The highest BCUT2D eigenvalue weighted by Gasteiger charge is 2.36. The molecule has 0 heterocycles. The van der Waals surface area contributed by atoms with Gasteiger partial charge in [0.15, 0.2) is 0 Å². The molecule has 3 heteroatoms. The van der Waals surface area contributed by atoms with Crippen LogP contribution in [-0.2, 0) is 0 Å². The second kappa shape index (κ2) is 9.66. The van der Waals surface area contributed by atoms with Gasteiger partial charge in [0.1, 0.15) is 17.4 Å². The second-order valence-electron chi connectivity index (χ2n) is 9.73. The van der Waals surface area contributed by atoms with Gasteiger partial charge >= 0.3 is 0 Å². The van der Waals surface area contributed by atoms with Crippen LogP contribution in [0.2, 0.25) is 0 Å². The van der Waals surface area contributed by atoms with Crippen molar-refractivity contribution in [1.82, 2.24) is 0 Å². The topological polar surface area (TPSA) is 9.23 Å². The van der Waals surface area contributed by atoms with Gasteiger partial charge in [-0.05, 0) is 72.8 Å². The number of halogens is 2. The second-order valence-corrected chi connectivity index (χ2v) is 9.73. The summed E-state index contributed by atoms with van der Waals surface area (Å²) in [6.45, 7) is 2.27. The third-order valence-corrected chi connectivity index (χ3v) is 7.87. The standard InChI is InChI=1S/C27H36F2O/c1-3-4-5-6-7-18-8-9-20-15-21(11-10-19(20)14-18)24-13-12-22-16-23(30-2)17-25(28)26(22)27(24)29/h12-13,16-21H,3-11,14-15H2,1-2H3/t18?,19-,20?,21-/m1/s1. The Hall–Kier alpha value is -1.64. The summed E-state index contributed by atoms with van der Waals surface area (Å²) >= 11 is 0. The number of fused-ring (bicyclic) bond motifs is 2. The lowest BCUT2D eigenvalue weighted by Crippen LogP contribution is -2.30. The third kappa shape index (κ3) is 4.50. The normalized spacial score (nSPS) is 26.5. The van der Waals surface area contributed by atoms with E-state index in [0.29, 0.717) is 22.6 Å². The maximum Gasteiger partial charge on any atom is 0.137 e. The van der Waals surface area contributed by atoms with Gasteiger partial charge in [-0.1, -0.05) is 57.6 Å². The molecule has 2 aliphatic rings. The fourth-order valence-electron chi connectivity index (χ4n) is 6.19. The van der Waals surface area contributed by atoms with Crippen molar-refractivity contribution in [3.63, 3.8) is 0 Å². The lowest BCUT2D eigenvalue weighted by molar-refractivity contribution is 0.112. The number of hydrogen-bond donors (Lipinski definition) is 0. The SMILES string of the molecule is CCCCCCC1CCC2C[C@H](c3ccc4cc(OC)cc(F)c4c3F)CC[C@@H]2C1. The molecule has 0 aliphatic heterocycles. The van der Waals surface area contributed by atoms with Gasteiger partial charge in [-0.3, -0.25) is 0 Å². The van der Waals surface area contributed by atoms with Crippen molar-refractivity contribution in [3.8, 4) is 5.75 Å². The van der Waals surface area contributed by atoms with Crippen molar-refractivity contribution in [1.29, 1.82) is 0 Å². The Morgan fingerprint density at radius 2 is 1.73 bits per heavy atom. The Labute approximate surface area is 180 Å². The highest BCUT2D eigenvalue weighted by atomic mass is 19.1. The number of unbranched alkanes of at least 4 members (excludes halogenated alkanes) is 3. The summed E-state index contributed by atoms with van der Waals surface area (Å²) < 4.78 is 35.1. The average Bonchev–Trinajstić information content (AvgIpc) is 2.76. The highest BCUT2D eigenvalue weighted by Crippen LogP contribution is 2.49. The van der Waals surface area contributed by atoms with E-state index in [1.54, 1.807) is 6.07 Å². The molecule has 2 aliphatic carbocycles. The Bertz CT molecular complexity index is 862. The zero-order valence-corrected chi connectivity index (χ0v) is 18.6. The summed E-state index contributed by atoms with van der Waals surface area (Å²) in [5, 5.41) is 0.691. The van der Waals surface area contributed by atoms with E-state index in [2.05, 4.69) is 6.92 Å². The molecule has 30 heavy (non-hydrogen) atoms. The molecule has 2 fully saturated rings. The molecule has 2 unspecified atom stereocenters. The van der Waals surface area contributed by atoms with E-state index < -0.39 is 5.82 Å². The van der Waals surface area contributed by atoms with Crippen LogP contribution in [0.1, 0.15) is 89.0 Å². The van der Waals surface area contributed by atoms with Crippen LogP contribution in [0.4, 0.5) is 8.78 Å². The molecular formula is C27H36F2O. The molecule has 2 aromatic rings. The van der Waals surface area contributed by atoms with Crippen LogP contribution < -0.4 is 4.74 Å². The minimum Gasteiger partial charge on any atom is -0.497 e. The first-order valence-corrected chi connectivity index (χ1v) is 12.1. The lowest BCUT2D eigenvalue weighted by atomic mass is 9.63. The monoisotopic (exact) mass is 414 g/mol. The molecule has 164 valence electrons. The van der Waals surface area contributed by atoms with Crippen LogP contribution in [0.3, 0.4) is 0 Å². The van der Waals surface area contributed by atoms with E-state index >= 15 is 4.39 Å². The predicted octanol–water partition coefficient (Wildman–Crippen LogP) is 8.40. The first kappa shape index (κ1) is 21.6. The molecule has 2 aromatic carbocycles. The van der Waals surface area contributed by atoms with Crippen molar-refractivity contribution in [2.45, 2.75) is 83.5 Å². The van der Waals surface area contributed by atoms with Gasteiger partial charge in [-0.25, -0.2) is 8.78 Å². The molecule has 1 nitrogen and oxygen atoms in total. The number of ether oxygens (including phenoxy) is 1. The summed E-state index contributed by atoms with van der Waals surface area (Å²) in [7, 11) is 1.50. The van der Waals surface area contributed by atoms with Gasteiger partial charge in [0.2, 0.25) is 0 Å². The molecule has 0 amide bonds. The summed E-state index contributed by atoms with van der Waals surface area (Å²) in [5.41, 5.74) is 0.715. The predicted molar refractivity (Wildman–Crippen MR) is 120 cm³/mol. The summed E-state index contributed by atoms with van der Waals surface area (Å²) in [4.78, 5) is 0. The summed E-state index contributed by atoms with van der Waals surface area (Å²) in [6, 6.07) is 6.75. The van der Waals surface area contributed by atoms with Crippen LogP contribution in [0, 0.1) is 29.4 Å². The van der Waals surface area contributed by atoms with E-state index in [1.165, 1.54) is 71.0 Å². The Morgan fingerprint density at radius 3 is 2.53 bits per heavy atom. The number of methoxy groups -OCH3 is 1. The van der Waals surface area contributed by atoms with Gasteiger partial charge in [0.05, 0.1) is 12.5 Å². The molecule has 2 saturated carbocycles. The van der Waals surface area contributed by atoms with E-state index in [1.807, 2.05) is 12.1 Å². The fraction of sp³-hybridized carbons (Fsp3) is 0.630. The minimum absolute atomic E-state index is 0.117. The van der Waals surface area contributed by atoms with Crippen molar-refractivity contribution in [2.75, 3.05) is 7.11 Å².